The minimum absolute atomic E-state index is 0.0394. The van der Waals surface area contributed by atoms with E-state index in [4.69, 9.17) is 20.4 Å². The highest BCUT2D eigenvalue weighted by Crippen LogP contribution is 2.32. The molecule has 2 aliphatic rings. The summed E-state index contributed by atoms with van der Waals surface area (Å²) in [5.74, 6) is -1.90. The Morgan fingerprint density at radius 1 is 0.901 bits per heavy atom. The lowest BCUT2D eigenvalue weighted by atomic mass is 10.0. The van der Waals surface area contributed by atoms with Crippen molar-refractivity contribution in [3.8, 4) is 22.6 Å². The van der Waals surface area contributed by atoms with Crippen molar-refractivity contribution in [1.29, 1.82) is 0 Å². The molecule has 374 valence electrons. The molecule has 2 atom stereocenters. The highest BCUT2D eigenvalue weighted by atomic mass is 16.6. The topological polar surface area (TPSA) is 281 Å². The first kappa shape index (κ1) is 50.9. The SMILES string of the molecule is Cc1cccc(-c2[nH]c(CN(C(=O)OCc3ccc(NC(=O)[C@H](CCCNC(N)=O)NC(=O)C(NC(=O)CCCCCN4C(=O)C=CC4=O)C(C)C)cc3)C3CCCC3)nc2-c2ccc3ncnn3c2)n1. The summed E-state index contributed by atoms with van der Waals surface area (Å²) in [5.41, 5.74) is 10.7. The van der Waals surface area contributed by atoms with Crippen LogP contribution in [0.2, 0.25) is 0 Å². The molecule has 21 heteroatoms. The van der Waals surface area contributed by atoms with Gasteiger partial charge in [-0.05, 0) is 93.3 Å². The smallest absolute Gasteiger partial charge is 0.410 e. The maximum Gasteiger partial charge on any atom is 0.410 e. The fraction of sp³-hybridized carbons (Fsp3) is 0.420. The number of anilines is 1. The number of benzene rings is 1. The Kier molecular flexibility index (Phi) is 17.2. The minimum Gasteiger partial charge on any atom is -0.445 e. The van der Waals surface area contributed by atoms with Crippen molar-refractivity contribution in [2.75, 3.05) is 18.4 Å². The summed E-state index contributed by atoms with van der Waals surface area (Å²) < 4.78 is 7.60. The van der Waals surface area contributed by atoms with E-state index >= 15 is 0 Å². The van der Waals surface area contributed by atoms with Crippen LogP contribution in [0.3, 0.4) is 0 Å². The number of hydrogen-bond donors (Lipinski definition) is 6. The predicted octanol–water partition coefficient (Wildman–Crippen LogP) is 5.07. The number of pyridine rings is 2. The van der Waals surface area contributed by atoms with Crippen molar-refractivity contribution in [3.63, 3.8) is 0 Å². The van der Waals surface area contributed by atoms with Gasteiger partial charge in [0.15, 0.2) is 5.65 Å². The maximum absolute atomic E-state index is 14.0. The Morgan fingerprint density at radius 3 is 2.38 bits per heavy atom. The Bertz CT molecular complexity index is 2730. The van der Waals surface area contributed by atoms with E-state index in [9.17, 15) is 33.6 Å². The number of imidazole rings is 1. The third kappa shape index (κ3) is 13.9. The molecule has 5 aromatic rings. The molecule has 1 saturated carbocycles. The van der Waals surface area contributed by atoms with Gasteiger partial charge in [-0.3, -0.25) is 38.8 Å². The van der Waals surface area contributed by atoms with Crippen molar-refractivity contribution >= 4 is 53.0 Å². The molecule has 4 aromatic heterocycles. The molecule has 8 amide bonds. The molecule has 1 fully saturated rings. The number of primary amides is 1. The van der Waals surface area contributed by atoms with Crippen LogP contribution in [0.15, 0.2) is 79.3 Å². The van der Waals surface area contributed by atoms with Crippen molar-refractivity contribution in [1.82, 2.24) is 55.3 Å². The van der Waals surface area contributed by atoms with Gasteiger partial charge in [-0.1, -0.05) is 51.3 Å². The molecule has 0 saturated heterocycles. The second kappa shape index (κ2) is 24.0. The molecule has 0 spiro atoms. The zero-order chi connectivity index (χ0) is 50.4. The van der Waals surface area contributed by atoms with Gasteiger partial charge in [0.05, 0.1) is 23.6 Å². The summed E-state index contributed by atoms with van der Waals surface area (Å²) in [4.78, 5) is 110. The van der Waals surface area contributed by atoms with Gasteiger partial charge in [0.1, 0.15) is 30.8 Å². The molecule has 21 nitrogen and oxygen atoms in total. The third-order valence-corrected chi connectivity index (χ3v) is 12.4. The Labute approximate surface area is 410 Å². The average Bonchev–Trinajstić information content (AvgIpc) is 4.19. The number of fused-ring (bicyclic) bond motifs is 1. The Hall–Kier alpha value is -7.97. The number of aromatic nitrogens is 6. The van der Waals surface area contributed by atoms with Crippen LogP contribution in [-0.4, -0.2) is 112 Å². The second-order valence-electron chi connectivity index (χ2n) is 18.1. The van der Waals surface area contributed by atoms with Crippen LogP contribution in [0.5, 0.6) is 0 Å². The molecule has 1 aliphatic heterocycles. The average molecular weight is 972 g/mol. The molecule has 5 heterocycles. The van der Waals surface area contributed by atoms with Gasteiger partial charge in [0, 0.05) is 60.8 Å². The fourth-order valence-electron chi connectivity index (χ4n) is 8.60. The highest BCUT2D eigenvalue weighted by Gasteiger charge is 2.31. The number of imide groups is 1. The number of hydrogen-bond acceptors (Lipinski definition) is 12. The number of carbonyl (C=O) groups excluding carboxylic acids is 7. The number of nitrogens with one attached hydrogen (secondary N) is 5. The number of amides is 8. The Balaban J connectivity index is 0.957. The Morgan fingerprint density at radius 2 is 1.66 bits per heavy atom. The number of nitrogens with two attached hydrogens (primary N) is 1. The van der Waals surface area contributed by atoms with E-state index < -0.39 is 36.0 Å². The number of carbonyl (C=O) groups is 7. The van der Waals surface area contributed by atoms with Gasteiger partial charge in [0.25, 0.3) is 11.8 Å². The molecule has 0 radical (unpaired) electrons. The van der Waals surface area contributed by atoms with E-state index in [2.05, 4.69) is 36.3 Å². The first-order valence-electron chi connectivity index (χ1n) is 24.0. The molecule has 7 N–H and O–H groups in total. The van der Waals surface area contributed by atoms with Crippen LogP contribution in [0.4, 0.5) is 15.3 Å². The second-order valence-corrected chi connectivity index (χ2v) is 18.1. The van der Waals surface area contributed by atoms with Crippen LogP contribution in [0.1, 0.15) is 95.1 Å². The number of aromatic amines is 1. The molecule has 0 bridgehead atoms. The molecular weight excluding hydrogens is 911 g/mol. The first-order valence-corrected chi connectivity index (χ1v) is 24.0. The zero-order valence-corrected chi connectivity index (χ0v) is 40.2. The molecular formula is C50H61N13O8. The maximum atomic E-state index is 14.0. The highest BCUT2D eigenvalue weighted by molar-refractivity contribution is 6.12. The quantitative estimate of drug-likeness (QED) is 0.0370. The fourth-order valence-corrected chi connectivity index (χ4v) is 8.60. The number of rotatable bonds is 23. The number of aryl methyl sites for hydroxylation is 1. The number of H-pyrrole nitrogens is 1. The lowest BCUT2D eigenvalue weighted by Crippen LogP contribution is -2.54. The number of unbranched alkanes of at least 4 members (excludes halogenated alkanes) is 2. The number of ether oxygens (including phenoxy) is 1. The standard InChI is InChI=1S/C50H61N13O8/c1-31(2)44(60-41(64)16-5-4-8-26-61-42(65)23-24-43(61)66)48(68)57-38(15-10-25-52-49(51)69)47(67)56-35-20-17-33(18-21-35)29-71-50(70)62(36-12-6-7-13-36)28-39-58-45(34-19-22-40-53-30-54-63(40)27-34)46(59-39)37-14-9-11-32(3)55-37/h9,11,14,17-24,27,30-31,36,38,44H,4-8,10,12-13,15-16,25-26,28-29H2,1-3H3,(H,56,67)(H,57,68)(H,58,59)(H,60,64)(H3,51,52,69)/t38-,44?/m0/s1. The zero-order valence-electron chi connectivity index (χ0n) is 40.2. The number of nitrogens with zero attached hydrogens (tertiary/aromatic N) is 7. The summed E-state index contributed by atoms with van der Waals surface area (Å²) >= 11 is 0. The normalized spacial score (nSPS) is 14.5. The molecule has 1 aliphatic carbocycles. The van der Waals surface area contributed by atoms with E-state index in [1.54, 1.807) is 47.5 Å². The lowest BCUT2D eigenvalue weighted by Gasteiger charge is -2.27. The van der Waals surface area contributed by atoms with Crippen molar-refractivity contribution < 1.29 is 38.3 Å². The lowest BCUT2D eigenvalue weighted by molar-refractivity contribution is -0.137. The third-order valence-electron chi connectivity index (χ3n) is 12.4. The van der Waals surface area contributed by atoms with Gasteiger partial charge in [-0.2, -0.15) is 5.10 Å². The molecule has 7 rings (SSSR count). The van der Waals surface area contributed by atoms with E-state index in [0.29, 0.717) is 65.5 Å². The van der Waals surface area contributed by atoms with Gasteiger partial charge >= 0.3 is 12.1 Å². The van der Waals surface area contributed by atoms with Crippen LogP contribution in [-0.2, 0) is 41.9 Å². The van der Waals surface area contributed by atoms with Gasteiger partial charge in [-0.15, -0.1) is 0 Å². The molecule has 1 unspecified atom stereocenters. The van der Waals surface area contributed by atoms with E-state index in [1.807, 2.05) is 43.5 Å². The number of urea groups is 1. The summed E-state index contributed by atoms with van der Waals surface area (Å²) in [6.45, 7) is 6.03. The van der Waals surface area contributed by atoms with Crippen molar-refractivity contribution in [2.24, 2.45) is 11.7 Å². The van der Waals surface area contributed by atoms with Gasteiger partial charge < -0.3 is 36.7 Å². The van der Waals surface area contributed by atoms with Crippen molar-refractivity contribution in [2.45, 2.75) is 116 Å². The van der Waals surface area contributed by atoms with Crippen LogP contribution < -0.4 is 27.0 Å². The summed E-state index contributed by atoms with van der Waals surface area (Å²) in [6.07, 6.45) is 11.1. The summed E-state index contributed by atoms with van der Waals surface area (Å²) in [6, 6.07) is 13.6. The van der Waals surface area contributed by atoms with E-state index in [-0.39, 0.29) is 68.8 Å². The van der Waals surface area contributed by atoms with Crippen LogP contribution in [0, 0.1) is 12.8 Å². The monoisotopic (exact) mass is 971 g/mol. The molecule has 1 aromatic carbocycles. The summed E-state index contributed by atoms with van der Waals surface area (Å²) in [5, 5.41) is 15.2. The largest absolute Gasteiger partial charge is 0.445 e. The summed E-state index contributed by atoms with van der Waals surface area (Å²) in [7, 11) is 0. The van der Waals surface area contributed by atoms with Crippen LogP contribution >= 0.6 is 0 Å². The van der Waals surface area contributed by atoms with E-state index in [0.717, 1.165) is 41.8 Å². The van der Waals surface area contributed by atoms with Crippen LogP contribution in [0.25, 0.3) is 28.3 Å². The van der Waals surface area contributed by atoms with E-state index in [1.165, 1.54) is 18.5 Å². The minimum atomic E-state index is -1.05. The molecule has 71 heavy (non-hydrogen) atoms. The van der Waals surface area contributed by atoms with Gasteiger partial charge in [0.2, 0.25) is 17.7 Å². The predicted molar refractivity (Wildman–Crippen MR) is 261 cm³/mol. The first-order chi connectivity index (χ1) is 34.2. The van der Waals surface area contributed by atoms with Crippen molar-refractivity contribution in [3.05, 3.63) is 96.4 Å². The van der Waals surface area contributed by atoms with Gasteiger partial charge in [-0.25, -0.2) is 24.1 Å².